The van der Waals surface area contributed by atoms with Crippen molar-refractivity contribution < 1.29 is 28.3 Å². The molecule has 0 aliphatic heterocycles. The van der Waals surface area contributed by atoms with E-state index in [1.165, 1.54) is 6.92 Å². The van der Waals surface area contributed by atoms with Gasteiger partial charge in [-0.3, -0.25) is 4.52 Å². The van der Waals surface area contributed by atoms with Crippen molar-refractivity contribution in [1.82, 2.24) is 4.44 Å². The molecule has 0 bridgehead atoms. The number of hydrogen-bond acceptors (Lipinski definition) is 3. The van der Waals surface area contributed by atoms with Crippen molar-refractivity contribution >= 4 is 15.5 Å². The molecule has 74 valence electrons. The fraction of sp³-hybridized carbons (Fsp3) is 1.00. The second kappa shape index (κ2) is 3.98. The lowest BCUT2D eigenvalue weighted by Gasteiger charge is -2.23. The Morgan fingerprint density at radius 1 is 1.33 bits per heavy atom. The molecule has 3 N–H and O–H groups in total. The van der Waals surface area contributed by atoms with Crippen molar-refractivity contribution in [2.75, 3.05) is 13.7 Å². The lowest BCUT2D eigenvalue weighted by Crippen LogP contribution is -2.17. The van der Waals surface area contributed by atoms with Gasteiger partial charge in [0.1, 0.15) is 0 Å². The summed E-state index contributed by atoms with van der Waals surface area (Å²) in [4.78, 5) is 26.0. The summed E-state index contributed by atoms with van der Waals surface area (Å²) in [5.74, 6) is 0. The largest absolute Gasteiger partial charge is 0.414 e. The topological polar surface area (TPSA) is 107 Å². The van der Waals surface area contributed by atoms with Gasteiger partial charge in [0.15, 0.2) is 0 Å². The van der Waals surface area contributed by atoms with Crippen LogP contribution in [-0.4, -0.2) is 32.8 Å². The van der Waals surface area contributed by atoms with Gasteiger partial charge >= 0.3 is 15.5 Å². The molecule has 1 atom stereocenters. The Morgan fingerprint density at radius 2 is 1.75 bits per heavy atom. The van der Waals surface area contributed by atoms with Gasteiger partial charge in [-0.25, -0.2) is 9.13 Å². The smallest absolute Gasteiger partial charge is 0.312 e. The average molecular weight is 219 g/mol. The van der Waals surface area contributed by atoms with Crippen molar-refractivity contribution in [2.45, 2.75) is 6.92 Å². The van der Waals surface area contributed by atoms with Crippen molar-refractivity contribution in [3.63, 3.8) is 0 Å². The minimum absolute atomic E-state index is 0.111. The van der Waals surface area contributed by atoms with Crippen LogP contribution >= 0.6 is 15.5 Å². The minimum Gasteiger partial charge on any atom is -0.312 e. The van der Waals surface area contributed by atoms with E-state index in [9.17, 15) is 9.13 Å². The Hall–Kier alpha value is 0.260. The molecule has 0 aromatic carbocycles. The van der Waals surface area contributed by atoms with E-state index in [2.05, 4.69) is 4.52 Å². The Kier molecular flexibility index (Phi) is 4.07. The highest BCUT2D eigenvalue weighted by Crippen LogP contribution is 2.60. The molecule has 0 aromatic heterocycles. The van der Waals surface area contributed by atoms with E-state index in [0.29, 0.717) is 0 Å². The van der Waals surface area contributed by atoms with Crippen LogP contribution in [-0.2, 0) is 13.7 Å². The van der Waals surface area contributed by atoms with E-state index in [4.69, 9.17) is 14.7 Å². The van der Waals surface area contributed by atoms with Gasteiger partial charge in [-0.05, 0) is 0 Å². The summed E-state index contributed by atoms with van der Waals surface area (Å²) < 4.78 is 25.7. The zero-order valence-corrected chi connectivity index (χ0v) is 8.40. The van der Waals surface area contributed by atoms with Crippen LogP contribution in [0.4, 0.5) is 0 Å². The predicted molar refractivity (Wildman–Crippen MR) is 41.3 cm³/mol. The van der Waals surface area contributed by atoms with Crippen LogP contribution in [0, 0.1) is 0 Å². The van der Waals surface area contributed by atoms with Crippen LogP contribution in [0.5, 0.6) is 0 Å². The van der Waals surface area contributed by atoms with E-state index in [0.717, 1.165) is 7.11 Å². The molecule has 1 unspecified atom stereocenters. The Balaban J connectivity index is 4.82. The van der Waals surface area contributed by atoms with Gasteiger partial charge in [-0.15, -0.1) is 4.44 Å². The first-order valence-electron chi connectivity index (χ1n) is 2.98. The fourth-order valence-electron chi connectivity index (χ4n) is 0.604. The van der Waals surface area contributed by atoms with Gasteiger partial charge in [-0.1, -0.05) is 6.92 Å². The van der Waals surface area contributed by atoms with E-state index in [1.807, 2.05) is 0 Å². The summed E-state index contributed by atoms with van der Waals surface area (Å²) in [6.45, 7) is 1.06. The van der Waals surface area contributed by atoms with Crippen LogP contribution in [0.3, 0.4) is 0 Å². The second-order valence-electron chi connectivity index (χ2n) is 1.87. The molecule has 7 nitrogen and oxygen atoms in total. The maximum Gasteiger partial charge on any atom is 0.414 e. The molecule has 0 aliphatic rings. The Labute approximate surface area is 69.8 Å². The molecule has 0 fully saturated rings. The highest BCUT2D eigenvalue weighted by Gasteiger charge is 2.39. The van der Waals surface area contributed by atoms with Crippen LogP contribution in [0.15, 0.2) is 0 Å². The van der Waals surface area contributed by atoms with Crippen LogP contribution in [0.2, 0.25) is 0 Å². The van der Waals surface area contributed by atoms with E-state index in [1.54, 1.807) is 0 Å². The van der Waals surface area contributed by atoms with Crippen molar-refractivity contribution in [3.05, 3.63) is 0 Å². The van der Waals surface area contributed by atoms with Gasteiger partial charge < -0.3 is 14.7 Å². The summed E-state index contributed by atoms with van der Waals surface area (Å²) in [5, 5.41) is 0. The number of nitrogens with zero attached hydrogens (tertiary/aromatic N) is 1. The molecule has 0 aliphatic carbocycles. The first-order chi connectivity index (χ1) is 5.25. The summed E-state index contributed by atoms with van der Waals surface area (Å²) >= 11 is 0. The molecule has 0 saturated carbocycles. The lowest BCUT2D eigenvalue weighted by atomic mass is 10.8. The third-order valence-corrected chi connectivity index (χ3v) is 4.72. The SMILES string of the molecule is CCN(P(=O)(O)O)P(=O)(O)OC. The molecule has 0 aromatic rings. The molecule has 0 amide bonds. The average Bonchev–Trinajstić information content (AvgIpc) is 1.85. The number of hydrogen-bond donors (Lipinski definition) is 3. The second-order valence-corrected chi connectivity index (χ2v) is 5.53. The van der Waals surface area contributed by atoms with E-state index >= 15 is 0 Å². The first kappa shape index (κ1) is 12.3. The van der Waals surface area contributed by atoms with Gasteiger partial charge in [0.05, 0.1) is 0 Å². The zero-order valence-electron chi connectivity index (χ0n) is 6.62. The van der Waals surface area contributed by atoms with Crippen LogP contribution in [0.1, 0.15) is 6.92 Å². The summed E-state index contributed by atoms with van der Waals surface area (Å²) in [6.07, 6.45) is 0. The summed E-state index contributed by atoms with van der Waals surface area (Å²) in [6, 6.07) is 0. The standard InChI is InChI=1S/C3H11NO6P2/c1-3-4(11(5,6)7)12(8,9)10-2/h3H2,1-2H3,(H,8,9)(H2,5,6,7). The molecule has 0 spiro atoms. The Morgan fingerprint density at radius 3 is 1.83 bits per heavy atom. The van der Waals surface area contributed by atoms with Gasteiger partial charge in [0, 0.05) is 13.7 Å². The highest BCUT2D eigenvalue weighted by molar-refractivity contribution is 7.65. The van der Waals surface area contributed by atoms with Gasteiger partial charge in [-0.2, -0.15) is 0 Å². The molecule has 0 rings (SSSR count). The fourth-order valence-corrected chi connectivity index (χ4v) is 2.92. The van der Waals surface area contributed by atoms with Gasteiger partial charge in [0.25, 0.3) is 0 Å². The predicted octanol–water partition coefficient (Wildman–Crippen LogP) is 0.148. The third kappa shape index (κ3) is 2.95. The lowest BCUT2D eigenvalue weighted by molar-refractivity contribution is 0.247. The molecule has 0 saturated heterocycles. The molecule has 0 heterocycles. The molecular weight excluding hydrogens is 208 g/mol. The third-order valence-electron chi connectivity index (χ3n) is 1.11. The summed E-state index contributed by atoms with van der Waals surface area (Å²) in [5.41, 5.74) is 0. The summed E-state index contributed by atoms with van der Waals surface area (Å²) in [7, 11) is -8.15. The molecular formula is C3H11NO6P2. The van der Waals surface area contributed by atoms with Crippen LogP contribution in [0.25, 0.3) is 0 Å². The molecule has 0 radical (unpaired) electrons. The van der Waals surface area contributed by atoms with E-state index < -0.39 is 15.5 Å². The molecule has 12 heavy (non-hydrogen) atoms. The maximum absolute atomic E-state index is 10.9. The minimum atomic E-state index is -4.72. The van der Waals surface area contributed by atoms with Crippen molar-refractivity contribution in [1.29, 1.82) is 0 Å². The zero-order chi connectivity index (χ0) is 9.99. The van der Waals surface area contributed by atoms with Crippen LogP contribution < -0.4 is 0 Å². The monoisotopic (exact) mass is 219 g/mol. The maximum atomic E-state index is 10.9. The highest BCUT2D eigenvalue weighted by atomic mass is 31.3. The normalized spacial score (nSPS) is 17.8. The van der Waals surface area contributed by atoms with Crippen molar-refractivity contribution in [3.8, 4) is 0 Å². The van der Waals surface area contributed by atoms with E-state index in [-0.39, 0.29) is 11.0 Å². The molecule has 9 heteroatoms. The number of rotatable bonds is 4. The first-order valence-corrected chi connectivity index (χ1v) is 6.07. The van der Waals surface area contributed by atoms with Gasteiger partial charge in [0.2, 0.25) is 0 Å². The van der Waals surface area contributed by atoms with Crippen molar-refractivity contribution in [2.24, 2.45) is 0 Å². The Bertz CT molecular complexity index is 235. The quantitative estimate of drug-likeness (QED) is 0.577.